The molecule has 11 heavy (non-hydrogen) atoms. The number of rotatable bonds is 0. The van der Waals surface area contributed by atoms with Crippen LogP contribution in [0.15, 0.2) is 16.0 Å². The van der Waals surface area contributed by atoms with Crippen LogP contribution in [0.5, 0.6) is 0 Å². The van der Waals surface area contributed by atoms with Crippen molar-refractivity contribution in [2.45, 2.75) is 19.4 Å². The van der Waals surface area contributed by atoms with Crippen molar-refractivity contribution in [1.82, 2.24) is 5.32 Å². The molecule has 60 valence electrons. The maximum absolute atomic E-state index is 4.42. The minimum atomic E-state index is 0.566. The molecule has 1 unspecified atom stereocenters. The quantitative estimate of drug-likeness (QED) is 0.591. The van der Waals surface area contributed by atoms with E-state index in [1.165, 1.54) is 4.91 Å². The molecule has 0 saturated heterocycles. The van der Waals surface area contributed by atoms with Gasteiger partial charge in [0.05, 0.1) is 6.54 Å². The summed E-state index contributed by atoms with van der Waals surface area (Å²) < 4.78 is 0. The van der Waals surface area contributed by atoms with Gasteiger partial charge in [-0.15, -0.1) is 11.8 Å². The fourth-order valence-corrected chi connectivity index (χ4v) is 2.18. The first-order valence-electron chi connectivity index (χ1n) is 4.00. The van der Waals surface area contributed by atoms with Gasteiger partial charge in [-0.25, -0.2) is 0 Å². The van der Waals surface area contributed by atoms with Crippen LogP contribution in [0, 0.1) is 0 Å². The summed E-state index contributed by atoms with van der Waals surface area (Å²) in [4.78, 5) is 5.77. The van der Waals surface area contributed by atoms with Crippen molar-refractivity contribution in [2.75, 3.05) is 12.3 Å². The predicted octanol–water partition coefficient (Wildman–Crippen LogP) is 1.40. The van der Waals surface area contributed by atoms with Crippen LogP contribution in [-0.2, 0) is 0 Å². The molecule has 0 bridgehead atoms. The average Bonchev–Trinajstić information content (AvgIpc) is 2.04. The zero-order chi connectivity index (χ0) is 7.68. The van der Waals surface area contributed by atoms with E-state index in [2.05, 4.69) is 23.3 Å². The zero-order valence-electron chi connectivity index (χ0n) is 6.63. The van der Waals surface area contributed by atoms with Crippen molar-refractivity contribution in [2.24, 2.45) is 4.99 Å². The SMILES string of the molecule is CC1CC=C2SCCN=C2N1. The first kappa shape index (κ1) is 7.22. The van der Waals surface area contributed by atoms with Crippen molar-refractivity contribution < 1.29 is 0 Å². The maximum Gasteiger partial charge on any atom is 0.134 e. The van der Waals surface area contributed by atoms with Crippen LogP contribution in [-0.4, -0.2) is 24.2 Å². The molecule has 0 fully saturated rings. The second-order valence-corrected chi connectivity index (χ2v) is 4.07. The highest BCUT2D eigenvalue weighted by Crippen LogP contribution is 2.24. The molecule has 0 aromatic rings. The highest BCUT2D eigenvalue weighted by atomic mass is 32.2. The summed E-state index contributed by atoms with van der Waals surface area (Å²) in [6.45, 7) is 3.16. The van der Waals surface area contributed by atoms with Gasteiger partial charge in [-0.05, 0) is 13.3 Å². The molecule has 0 aromatic carbocycles. The summed E-state index contributed by atoms with van der Waals surface area (Å²) in [7, 11) is 0. The van der Waals surface area contributed by atoms with Gasteiger partial charge in [0.25, 0.3) is 0 Å². The number of aliphatic imine (C=N–C) groups is 1. The van der Waals surface area contributed by atoms with Crippen LogP contribution in [0.4, 0.5) is 0 Å². The molecule has 0 spiro atoms. The Hall–Kier alpha value is -0.440. The molecule has 0 amide bonds. The molecule has 2 aliphatic rings. The number of nitrogens with one attached hydrogen (secondary N) is 1. The van der Waals surface area contributed by atoms with Crippen LogP contribution < -0.4 is 5.32 Å². The van der Waals surface area contributed by atoms with Crippen molar-refractivity contribution in [3.8, 4) is 0 Å². The van der Waals surface area contributed by atoms with Gasteiger partial charge in [0.15, 0.2) is 0 Å². The number of nitrogens with zero attached hydrogens (tertiary/aromatic N) is 1. The first-order chi connectivity index (χ1) is 5.36. The minimum Gasteiger partial charge on any atom is -0.367 e. The van der Waals surface area contributed by atoms with Crippen molar-refractivity contribution in [3.05, 3.63) is 11.0 Å². The number of amidine groups is 1. The molecule has 0 aromatic heterocycles. The predicted molar refractivity (Wildman–Crippen MR) is 50.1 cm³/mol. The lowest BCUT2D eigenvalue weighted by atomic mass is 10.1. The summed E-state index contributed by atoms with van der Waals surface area (Å²) in [5, 5.41) is 3.38. The Morgan fingerprint density at radius 2 is 2.64 bits per heavy atom. The lowest BCUT2D eigenvalue weighted by molar-refractivity contribution is 0.660. The van der Waals surface area contributed by atoms with Gasteiger partial charge in [-0.3, -0.25) is 4.99 Å². The number of thioether (sulfide) groups is 1. The Morgan fingerprint density at radius 1 is 1.73 bits per heavy atom. The normalized spacial score (nSPS) is 29.7. The highest BCUT2D eigenvalue weighted by Gasteiger charge is 2.18. The highest BCUT2D eigenvalue weighted by molar-refractivity contribution is 8.04. The van der Waals surface area contributed by atoms with Crippen molar-refractivity contribution >= 4 is 17.6 Å². The van der Waals surface area contributed by atoms with E-state index in [0.29, 0.717) is 6.04 Å². The van der Waals surface area contributed by atoms with Gasteiger partial charge in [0, 0.05) is 16.7 Å². The first-order valence-corrected chi connectivity index (χ1v) is 4.99. The standard InChI is InChI=1S/C8H12N2S/c1-6-2-3-7-8(10-6)9-4-5-11-7/h3,6H,2,4-5H2,1H3,(H,9,10). The number of fused-ring (bicyclic) bond motifs is 1. The molecule has 2 nitrogen and oxygen atoms in total. The zero-order valence-corrected chi connectivity index (χ0v) is 7.45. The number of hydrogen-bond donors (Lipinski definition) is 1. The molecule has 2 aliphatic heterocycles. The fourth-order valence-electron chi connectivity index (χ4n) is 1.31. The van der Waals surface area contributed by atoms with Gasteiger partial charge in [-0.1, -0.05) is 6.08 Å². The second-order valence-electron chi connectivity index (χ2n) is 2.93. The average molecular weight is 168 g/mol. The van der Waals surface area contributed by atoms with Gasteiger partial charge in [0.1, 0.15) is 5.84 Å². The lowest BCUT2D eigenvalue weighted by Crippen LogP contribution is -2.37. The van der Waals surface area contributed by atoms with Crippen LogP contribution >= 0.6 is 11.8 Å². The Morgan fingerprint density at radius 3 is 3.55 bits per heavy atom. The van der Waals surface area contributed by atoms with E-state index in [-0.39, 0.29) is 0 Å². The van der Waals surface area contributed by atoms with E-state index >= 15 is 0 Å². The van der Waals surface area contributed by atoms with Gasteiger partial charge >= 0.3 is 0 Å². The Kier molecular flexibility index (Phi) is 1.90. The maximum atomic E-state index is 4.42. The Balaban J connectivity index is 2.22. The lowest BCUT2D eigenvalue weighted by Gasteiger charge is -2.25. The monoisotopic (exact) mass is 168 g/mol. The largest absolute Gasteiger partial charge is 0.367 e. The second kappa shape index (κ2) is 2.89. The van der Waals surface area contributed by atoms with E-state index in [0.717, 1.165) is 24.6 Å². The molecule has 0 aliphatic carbocycles. The third kappa shape index (κ3) is 1.43. The summed E-state index contributed by atoms with van der Waals surface area (Å²) in [5.74, 6) is 2.27. The molecule has 1 atom stereocenters. The van der Waals surface area contributed by atoms with Crippen molar-refractivity contribution in [3.63, 3.8) is 0 Å². The van der Waals surface area contributed by atoms with E-state index in [1.54, 1.807) is 0 Å². The van der Waals surface area contributed by atoms with Crippen LogP contribution in [0.25, 0.3) is 0 Å². The molecule has 2 heterocycles. The van der Waals surface area contributed by atoms with Crippen LogP contribution in [0.3, 0.4) is 0 Å². The summed E-state index contributed by atoms with van der Waals surface area (Å²) >= 11 is 1.92. The summed E-state index contributed by atoms with van der Waals surface area (Å²) in [5.41, 5.74) is 0. The minimum absolute atomic E-state index is 0.566. The topological polar surface area (TPSA) is 24.4 Å². The van der Waals surface area contributed by atoms with E-state index in [1.807, 2.05) is 11.8 Å². The number of hydrogen-bond acceptors (Lipinski definition) is 3. The molecule has 2 rings (SSSR count). The summed E-state index contributed by atoms with van der Waals surface area (Å²) in [6.07, 6.45) is 3.44. The summed E-state index contributed by atoms with van der Waals surface area (Å²) in [6, 6.07) is 0.566. The third-order valence-corrected chi connectivity index (χ3v) is 2.95. The molecular formula is C8H12N2S. The molecule has 0 radical (unpaired) electrons. The van der Waals surface area contributed by atoms with Crippen LogP contribution in [0.1, 0.15) is 13.3 Å². The molecule has 0 saturated carbocycles. The Labute approximate surface area is 71.2 Å². The molecule has 3 heteroatoms. The smallest absolute Gasteiger partial charge is 0.134 e. The van der Waals surface area contributed by atoms with Crippen LogP contribution in [0.2, 0.25) is 0 Å². The van der Waals surface area contributed by atoms with E-state index in [9.17, 15) is 0 Å². The van der Waals surface area contributed by atoms with Gasteiger partial charge in [0.2, 0.25) is 0 Å². The van der Waals surface area contributed by atoms with Crippen molar-refractivity contribution in [1.29, 1.82) is 0 Å². The fraction of sp³-hybridized carbons (Fsp3) is 0.625. The van der Waals surface area contributed by atoms with Gasteiger partial charge in [-0.2, -0.15) is 0 Å². The third-order valence-electron chi connectivity index (χ3n) is 1.89. The Bertz CT molecular complexity index is 220. The van der Waals surface area contributed by atoms with E-state index < -0.39 is 0 Å². The van der Waals surface area contributed by atoms with Gasteiger partial charge < -0.3 is 5.32 Å². The molecule has 1 N–H and O–H groups in total. The van der Waals surface area contributed by atoms with E-state index in [4.69, 9.17) is 0 Å². The molecular weight excluding hydrogens is 156 g/mol.